The molecule has 34 heavy (non-hydrogen) atoms. The van der Waals surface area contributed by atoms with Crippen molar-refractivity contribution in [1.82, 2.24) is 4.90 Å². The number of halogens is 3. The van der Waals surface area contributed by atoms with Crippen LogP contribution >= 0.6 is 57.6 Å². The van der Waals surface area contributed by atoms with Crippen molar-refractivity contribution >= 4 is 85.9 Å². The molecule has 0 radical (unpaired) electrons. The lowest BCUT2D eigenvalue weighted by molar-refractivity contribution is -0.129. The van der Waals surface area contributed by atoms with E-state index >= 15 is 0 Å². The Labute approximate surface area is 226 Å². The van der Waals surface area contributed by atoms with E-state index in [1.54, 1.807) is 23.1 Å². The van der Waals surface area contributed by atoms with Crippen LogP contribution in [0.5, 0.6) is 0 Å². The largest absolute Gasteiger partial charge is 0.325 e. The summed E-state index contributed by atoms with van der Waals surface area (Å²) in [6.45, 7) is 0.443. The number of amides is 2. The molecule has 3 aromatic carbocycles. The van der Waals surface area contributed by atoms with E-state index in [2.05, 4.69) is 32.9 Å². The van der Waals surface area contributed by atoms with Crippen LogP contribution in [0.15, 0.2) is 77.8 Å². The Balaban J connectivity index is 1.55. The van der Waals surface area contributed by atoms with E-state index in [9.17, 15) is 9.59 Å². The van der Waals surface area contributed by atoms with Crippen LogP contribution in [-0.4, -0.2) is 33.7 Å². The van der Waals surface area contributed by atoms with Gasteiger partial charge in [-0.2, -0.15) is 0 Å². The summed E-state index contributed by atoms with van der Waals surface area (Å²) in [5.74, 6) is -0.369. The van der Waals surface area contributed by atoms with Gasteiger partial charge in [-0.3, -0.25) is 14.5 Å². The molecule has 1 aliphatic heterocycles. The van der Waals surface area contributed by atoms with E-state index < -0.39 is 5.25 Å². The number of aliphatic imine (C=N–C) groups is 1. The Hall–Kier alpha value is -2.07. The minimum atomic E-state index is -0.587. The monoisotopic (exact) mass is 623 g/mol. The van der Waals surface area contributed by atoms with E-state index in [4.69, 9.17) is 23.2 Å². The van der Waals surface area contributed by atoms with Gasteiger partial charge < -0.3 is 5.32 Å². The first-order chi connectivity index (χ1) is 16.4. The second kappa shape index (κ2) is 11.6. The molecule has 0 aromatic heterocycles. The van der Waals surface area contributed by atoms with E-state index in [0.717, 1.165) is 9.13 Å². The first-order valence-corrected chi connectivity index (χ1v) is 13.2. The van der Waals surface area contributed by atoms with Crippen LogP contribution in [0.4, 0.5) is 11.4 Å². The van der Waals surface area contributed by atoms with Crippen LogP contribution < -0.4 is 5.32 Å². The standard InChI is InChI=1S/C25H20Cl2IN3O2S/c26-17-6-4-16(5-7-17)12-13-31-23(32)15-22(24(33)29-20-10-8-19(28)9-11-20)34-25(31)30-21-3-1-2-18(27)14-21/h1-11,14,22H,12-13,15H2,(H,29,33). The Morgan fingerprint density at radius 1 is 1.06 bits per heavy atom. The van der Waals surface area contributed by atoms with Gasteiger partial charge in [0, 0.05) is 32.3 Å². The Kier molecular flexibility index (Phi) is 8.52. The molecule has 9 heteroatoms. The molecule has 1 unspecified atom stereocenters. The maximum Gasteiger partial charge on any atom is 0.238 e. The van der Waals surface area contributed by atoms with Crippen molar-refractivity contribution in [3.05, 3.63) is 92.0 Å². The predicted molar refractivity (Wildman–Crippen MR) is 149 cm³/mol. The lowest BCUT2D eigenvalue weighted by atomic mass is 10.1. The molecule has 1 saturated heterocycles. The fourth-order valence-corrected chi connectivity index (χ4v) is 5.16. The molecule has 0 bridgehead atoms. The van der Waals surface area contributed by atoms with Gasteiger partial charge in [0.25, 0.3) is 0 Å². The molecular weight excluding hydrogens is 604 g/mol. The molecule has 3 aromatic rings. The Morgan fingerprint density at radius 2 is 1.79 bits per heavy atom. The summed E-state index contributed by atoms with van der Waals surface area (Å²) in [4.78, 5) is 32.5. The number of hydrogen-bond acceptors (Lipinski definition) is 4. The molecule has 1 aliphatic rings. The van der Waals surface area contributed by atoms with Gasteiger partial charge in [0.15, 0.2) is 5.17 Å². The van der Waals surface area contributed by atoms with Crippen molar-refractivity contribution in [3.63, 3.8) is 0 Å². The number of hydrogen-bond donors (Lipinski definition) is 1. The van der Waals surface area contributed by atoms with Crippen LogP contribution in [0.3, 0.4) is 0 Å². The van der Waals surface area contributed by atoms with Crippen LogP contribution in [-0.2, 0) is 16.0 Å². The Bertz CT molecular complexity index is 1220. The first kappa shape index (κ1) is 25.0. The summed E-state index contributed by atoms with van der Waals surface area (Å²) < 4.78 is 1.07. The van der Waals surface area contributed by atoms with E-state index in [-0.39, 0.29) is 18.2 Å². The second-order valence-corrected chi connectivity index (χ2v) is 10.9. The second-order valence-electron chi connectivity index (χ2n) is 7.60. The van der Waals surface area contributed by atoms with Gasteiger partial charge >= 0.3 is 0 Å². The quantitative estimate of drug-likeness (QED) is 0.307. The maximum absolute atomic E-state index is 13.2. The van der Waals surface area contributed by atoms with Gasteiger partial charge in [-0.1, -0.05) is 53.2 Å². The van der Waals surface area contributed by atoms with Crippen LogP contribution in [0.1, 0.15) is 12.0 Å². The maximum atomic E-state index is 13.2. The van der Waals surface area contributed by atoms with E-state index in [1.807, 2.05) is 54.6 Å². The molecule has 1 N–H and O–H groups in total. The summed E-state index contributed by atoms with van der Waals surface area (Å²) >= 11 is 15.6. The Morgan fingerprint density at radius 3 is 2.50 bits per heavy atom. The minimum Gasteiger partial charge on any atom is -0.325 e. The highest BCUT2D eigenvalue weighted by atomic mass is 127. The van der Waals surface area contributed by atoms with Crippen LogP contribution in [0.25, 0.3) is 0 Å². The number of benzene rings is 3. The highest BCUT2D eigenvalue weighted by molar-refractivity contribution is 14.1. The summed E-state index contributed by atoms with van der Waals surface area (Å²) in [5.41, 5.74) is 2.37. The average Bonchev–Trinajstić information content (AvgIpc) is 2.81. The van der Waals surface area contributed by atoms with Gasteiger partial charge in [0.05, 0.1) is 5.69 Å². The molecule has 1 heterocycles. The fraction of sp³-hybridized carbons (Fsp3) is 0.160. The fourth-order valence-electron chi connectivity index (χ4n) is 3.37. The summed E-state index contributed by atoms with van der Waals surface area (Å²) in [5, 5.41) is 4.02. The number of nitrogens with one attached hydrogen (secondary N) is 1. The third-order valence-corrected chi connectivity index (χ3v) is 7.51. The number of anilines is 1. The lowest BCUT2D eigenvalue weighted by Gasteiger charge is -2.32. The van der Waals surface area contributed by atoms with Gasteiger partial charge in [0.1, 0.15) is 5.25 Å². The van der Waals surface area contributed by atoms with Gasteiger partial charge in [-0.05, 0) is 89.2 Å². The number of carbonyl (C=O) groups is 2. The molecular formula is C25H20Cl2IN3O2S. The predicted octanol–water partition coefficient (Wildman–Crippen LogP) is 6.80. The zero-order valence-corrected chi connectivity index (χ0v) is 22.4. The normalized spacial score (nSPS) is 17.1. The van der Waals surface area contributed by atoms with Crippen molar-refractivity contribution in [1.29, 1.82) is 0 Å². The third-order valence-electron chi connectivity index (χ3n) is 5.11. The van der Waals surface area contributed by atoms with Crippen molar-refractivity contribution < 1.29 is 9.59 Å². The third kappa shape index (κ3) is 6.75. The molecule has 1 fully saturated rings. The molecule has 0 aliphatic carbocycles. The summed E-state index contributed by atoms with van der Waals surface area (Å²) in [7, 11) is 0. The zero-order chi connectivity index (χ0) is 24.1. The molecule has 1 atom stereocenters. The number of thioether (sulfide) groups is 1. The summed E-state index contributed by atoms with van der Waals surface area (Å²) in [6, 6.07) is 22.2. The first-order valence-electron chi connectivity index (χ1n) is 10.5. The van der Waals surface area contributed by atoms with Gasteiger partial charge in [-0.15, -0.1) is 0 Å². The van der Waals surface area contributed by atoms with Crippen LogP contribution in [0, 0.1) is 3.57 Å². The number of rotatable bonds is 6. The molecule has 4 rings (SSSR count). The molecule has 174 valence electrons. The smallest absolute Gasteiger partial charge is 0.238 e. The van der Waals surface area contributed by atoms with Crippen molar-refractivity contribution in [3.8, 4) is 0 Å². The van der Waals surface area contributed by atoms with Crippen molar-refractivity contribution in [2.24, 2.45) is 4.99 Å². The minimum absolute atomic E-state index is 0.0933. The lowest BCUT2D eigenvalue weighted by Crippen LogP contribution is -2.46. The SMILES string of the molecule is O=C(Nc1ccc(I)cc1)C1CC(=O)N(CCc2ccc(Cl)cc2)C(=Nc2cccc(Cl)c2)S1. The number of nitrogens with zero attached hydrogens (tertiary/aromatic N) is 2. The molecule has 0 saturated carbocycles. The average molecular weight is 624 g/mol. The van der Waals surface area contributed by atoms with E-state index in [1.165, 1.54) is 11.8 Å². The van der Waals surface area contributed by atoms with Gasteiger partial charge in [-0.25, -0.2) is 4.99 Å². The summed E-state index contributed by atoms with van der Waals surface area (Å²) in [6.07, 6.45) is 0.730. The van der Waals surface area contributed by atoms with Gasteiger partial charge in [0.2, 0.25) is 11.8 Å². The highest BCUT2D eigenvalue weighted by Crippen LogP contribution is 2.31. The zero-order valence-electron chi connectivity index (χ0n) is 17.9. The highest BCUT2D eigenvalue weighted by Gasteiger charge is 2.35. The van der Waals surface area contributed by atoms with Crippen LogP contribution in [0.2, 0.25) is 10.0 Å². The van der Waals surface area contributed by atoms with Crippen molar-refractivity contribution in [2.45, 2.75) is 18.1 Å². The van der Waals surface area contributed by atoms with Crippen molar-refractivity contribution in [2.75, 3.05) is 11.9 Å². The number of carbonyl (C=O) groups excluding carboxylic acids is 2. The molecule has 0 spiro atoms. The topological polar surface area (TPSA) is 61.8 Å². The number of amidine groups is 1. The van der Waals surface area contributed by atoms with E-state index in [0.29, 0.717) is 39.6 Å². The molecule has 5 nitrogen and oxygen atoms in total. The molecule has 2 amide bonds.